The van der Waals surface area contributed by atoms with Gasteiger partial charge in [0.05, 0.1) is 55.6 Å². The van der Waals surface area contributed by atoms with Crippen molar-refractivity contribution in [1.82, 2.24) is 30.6 Å². The van der Waals surface area contributed by atoms with Gasteiger partial charge in [0.15, 0.2) is 11.4 Å². The minimum Gasteiger partial charge on any atom is -0.478 e. The van der Waals surface area contributed by atoms with Crippen LogP contribution in [0.15, 0.2) is 48.8 Å². The van der Waals surface area contributed by atoms with Gasteiger partial charge in [-0.3, -0.25) is 4.79 Å². The molecule has 2 saturated heterocycles. The number of halogens is 6. The second-order valence-electron chi connectivity index (χ2n) is 11.4. The lowest BCUT2D eigenvalue weighted by Gasteiger charge is -2.31. The van der Waals surface area contributed by atoms with Crippen LogP contribution in [0, 0.1) is 6.92 Å². The van der Waals surface area contributed by atoms with E-state index < -0.39 is 41.2 Å². The Labute approximate surface area is 291 Å². The largest absolute Gasteiger partial charge is 0.478 e. The third kappa shape index (κ3) is 9.84. The summed E-state index contributed by atoms with van der Waals surface area (Å²) in [5, 5.41) is 31.9. The number of hydrogen-bond donors (Lipinski definition) is 2. The molecule has 3 aromatic heterocycles. The average molecular weight is 737 g/mol. The quantitative estimate of drug-likeness (QED) is 0.240. The summed E-state index contributed by atoms with van der Waals surface area (Å²) in [5.41, 5.74) is -0.0369. The number of aromatic nitrogens is 6. The number of carboxylic acids is 1. The average Bonchev–Trinajstić information content (AvgIpc) is 3.13. The number of aryl methyl sites for hydroxylation is 1. The molecule has 2 N–H and O–H groups in total. The number of morpholine rings is 1. The van der Waals surface area contributed by atoms with E-state index in [1.807, 2.05) is 13.0 Å². The molecule has 6 rings (SSSR count). The number of nitrogens with one attached hydrogen (secondary N) is 1. The predicted molar refractivity (Wildman–Crippen MR) is 169 cm³/mol. The van der Waals surface area contributed by atoms with Gasteiger partial charge in [-0.1, -0.05) is 6.07 Å². The Hall–Kier alpha value is -5.50. The molecule has 4 aromatic rings. The number of aromatic carboxylic acids is 1. The maximum absolute atomic E-state index is 13.0. The lowest BCUT2D eigenvalue weighted by Crippen LogP contribution is -2.37. The van der Waals surface area contributed by atoms with Crippen LogP contribution in [0.2, 0.25) is 0 Å². The van der Waals surface area contributed by atoms with Crippen LogP contribution < -0.4 is 15.0 Å². The number of carbonyl (C=O) groups excluding carboxylic acids is 1. The molecule has 2 fully saturated rings. The number of benzene rings is 1. The Morgan fingerprint density at radius 3 is 2.04 bits per heavy atom. The summed E-state index contributed by atoms with van der Waals surface area (Å²) in [6.45, 7) is 5.66. The molecule has 0 aliphatic carbocycles. The summed E-state index contributed by atoms with van der Waals surface area (Å²) < 4.78 is 92.0. The van der Waals surface area contributed by atoms with Gasteiger partial charge < -0.3 is 29.5 Å². The lowest BCUT2D eigenvalue weighted by atomic mass is 10.0. The van der Waals surface area contributed by atoms with Crippen molar-refractivity contribution in [3.8, 4) is 17.1 Å². The zero-order valence-corrected chi connectivity index (χ0v) is 27.2. The molecule has 0 spiro atoms. The number of ether oxygens (including phenoxy) is 3. The Morgan fingerprint density at radius 2 is 1.42 bits per heavy atom. The number of carboxylic acid groups (broad SMARTS) is 1. The minimum absolute atomic E-state index is 0.0143. The maximum atomic E-state index is 13.0. The van der Waals surface area contributed by atoms with Crippen molar-refractivity contribution in [3.05, 3.63) is 76.9 Å². The third-order valence-electron chi connectivity index (χ3n) is 7.71. The third-order valence-corrected chi connectivity index (χ3v) is 7.71. The molecule has 14 nitrogen and oxygen atoms in total. The molecule has 2 aliphatic rings. The van der Waals surface area contributed by atoms with Crippen LogP contribution in [0.25, 0.3) is 11.3 Å². The Balaban J connectivity index is 0.000000340. The summed E-state index contributed by atoms with van der Waals surface area (Å²) in [7, 11) is 0. The normalized spacial score (nSPS) is 15.3. The molecule has 2 aliphatic heterocycles. The second-order valence-corrected chi connectivity index (χ2v) is 11.4. The van der Waals surface area contributed by atoms with E-state index in [1.165, 1.54) is 0 Å². The number of anilines is 2. The van der Waals surface area contributed by atoms with Crippen molar-refractivity contribution in [1.29, 1.82) is 0 Å². The van der Waals surface area contributed by atoms with Gasteiger partial charge in [-0.05, 0) is 42.8 Å². The molecule has 20 heteroatoms. The number of nitrogens with zero attached hydrogens (tertiary/aromatic N) is 7. The molecular weight excluding hydrogens is 706 g/mol. The molecule has 5 heterocycles. The highest BCUT2D eigenvalue weighted by Crippen LogP contribution is 2.34. The zero-order valence-electron chi connectivity index (χ0n) is 27.2. The van der Waals surface area contributed by atoms with Crippen molar-refractivity contribution in [2.24, 2.45) is 0 Å². The number of alkyl halides is 6. The standard InChI is InChI=1S/C26H27F3N6O4.C6H3F3N2O2/c1-16-2-3-18(31-24(36)17-12-23(26(27,28)29)33-30-15-17)13-20(16)21-14-22(35-6-10-38-11-7-35)25(34-32-21)39-19-4-8-37-9-5-19;7-6(8,9)4-1-3(5(12)13)2-10-11-4/h2-3,12-15,19H,4-11H2,1H3,(H,31,36);1-2H,(H,12,13). The van der Waals surface area contributed by atoms with Crippen LogP contribution in [0.4, 0.5) is 37.7 Å². The minimum atomic E-state index is -4.71. The van der Waals surface area contributed by atoms with E-state index in [4.69, 9.17) is 19.3 Å². The van der Waals surface area contributed by atoms with Crippen molar-refractivity contribution in [2.45, 2.75) is 38.2 Å². The van der Waals surface area contributed by atoms with Crippen molar-refractivity contribution >= 4 is 23.3 Å². The second kappa shape index (κ2) is 16.2. The van der Waals surface area contributed by atoms with Gasteiger partial charge in [0.25, 0.3) is 11.8 Å². The Bertz CT molecular complexity index is 1890. The van der Waals surface area contributed by atoms with E-state index in [9.17, 15) is 35.9 Å². The van der Waals surface area contributed by atoms with Crippen molar-refractivity contribution in [3.63, 3.8) is 0 Å². The number of hydrogen-bond acceptors (Lipinski definition) is 12. The lowest BCUT2D eigenvalue weighted by molar-refractivity contribution is -0.142. The fourth-order valence-electron chi connectivity index (χ4n) is 5.00. The summed E-state index contributed by atoms with van der Waals surface area (Å²) in [6.07, 6.45) is -6.13. The number of amides is 1. The molecule has 1 aromatic carbocycles. The van der Waals surface area contributed by atoms with Gasteiger partial charge in [0, 0.05) is 37.2 Å². The summed E-state index contributed by atoms with van der Waals surface area (Å²) >= 11 is 0. The summed E-state index contributed by atoms with van der Waals surface area (Å²) in [5.74, 6) is -1.77. The van der Waals surface area contributed by atoms with Gasteiger partial charge in [-0.2, -0.15) is 36.5 Å². The molecule has 276 valence electrons. The fraction of sp³-hybridized carbons (Fsp3) is 0.375. The van der Waals surface area contributed by atoms with E-state index in [-0.39, 0.29) is 11.7 Å². The molecule has 52 heavy (non-hydrogen) atoms. The van der Waals surface area contributed by atoms with Crippen LogP contribution in [0.5, 0.6) is 5.88 Å². The predicted octanol–water partition coefficient (Wildman–Crippen LogP) is 5.10. The van der Waals surface area contributed by atoms with Gasteiger partial charge in [0.1, 0.15) is 11.8 Å². The first kappa shape index (κ1) is 37.7. The molecular formula is C32H30F6N8O6. The van der Waals surface area contributed by atoms with Gasteiger partial charge >= 0.3 is 18.3 Å². The number of rotatable bonds is 7. The zero-order chi connectivity index (χ0) is 37.5. The monoisotopic (exact) mass is 736 g/mol. The van der Waals surface area contributed by atoms with E-state index in [1.54, 1.807) is 18.2 Å². The van der Waals surface area contributed by atoms with Gasteiger partial charge in [-0.15, -0.1) is 20.4 Å². The Morgan fingerprint density at radius 1 is 0.827 bits per heavy atom. The van der Waals surface area contributed by atoms with E-state index >= 15 is 0 Å². The topological polar surface area (TPSA) is 175 Å². The first-order chi connectivity index (χ1) is 24.7. The van der Waals surface area contributed by atoms with E-state index in [2.05, 4.69) is 40.8 Å². The van der Waals surface area contributed by atoms with Gasteiger partial charge in [0.2, 0.25) is 0 Å². The van der Waals surface area contributed by atoms with E-state index in [0.29, 0.717) is 74.5 Å². The highest BCUT2D eigenvalue weighted by molar-refractivity contribution is 6.04. The van der Waals surface area contributed by atoms with Crippen LogP contribution in [0.1, 0.15) is 50.5 Å². The molecule has 0 radical (unpaired) electrons. The maximum Gasteiger partial charge on any atom is 0.435 e. The molecule has 0 bridgehead atoms. The SMILES string of the molecule is Cc1ccc(NC(=O)c2cnnc(C(F)(F)F)c2)cc1-c1cc(N2CCOCC2)c(OC2CCOCC2)nn1.O=C(O)c1cnnc(C(F)(F)F)c1. The summed E-state index contributed by atoms with van der Waals surface area (Å²) in [4.78, 5) is 25.1. The molecule has 0 atom stereocenters. The van der Waals surface area contributed by atoms with Crippen molar-refractivity contribution in [2.75, 3.05) is 49.7 Å². The first-order valence-electron chi connectivity index (χ1n) is 15.6. The van der Waals surface area contributed by atoms with Crippen LogP contribution >= 0.6 is 0 Å². The van der Waals surface area contributed by atoms with Crippen LogP contribution in [-0.4, -0.2) is 93.2 Å². The smallest absolute Gasteiger partial charge is 0.435 e. The highest BCUT2D eigenvalue weighted by atomic mass is 19.4. The first-order valence-corrected chi connectivity index (χ1v) is 15.6. The van der Waals surface area contributed by atoms with Gasteiger partial charge in [-0.25, -0.2) is 4.79 Å². The van der Waals surface area contributed by atoms with Crippen LogP contribution in [-0.2, 0) is 21.8 Å². The number of carbonyl (C=O) groups is 2. The van der Waals surface area contributed by atoms with Crippen molar-refractivity contribution < 1.29 is 55.2 Å². The molecule has 0 saturated carbocycles. The Kier molecular flexibility index (Phi) is 11.8. The molecule has 1 amide bonds. The van der Waals surface area contributed by atoms with E-state index in [0.717, 1.165) is 36.5 Å². The molecule has 0 unspecified atom stereocenters. The summed E-state index contributed by atoms with van der Waals surface area (Å²) in [6, 6.07) is 8.15. The van der Waals surface area contributed by atoms with Crippen LogP contribution in [0.3, 0.4) is 0 Å². The fourth-order valence-corrected chi connectivity index (χ4v) is 5.00. The highest BCUT2D eigenvalue weighted by Gasteiger charge is 2.34.